The highest BCUT2D eigenvalue weighted by Crippen LogP contribution is 2.34. The first-order valence-corrected chi connectivity index (χ1v) is 8.20. The van der Waals surface area contributed by atoms with Crippen molar-refractivity contribution in [2.75, 3.05) is 39.4 Å². The lowest BCUT2D eigenvalue weighted by molar-refractivity contribution is 0.00662. The second-order valence-electron chi connectivity index (χ2n) is 6.75. The van der Waals surface area contributed by atoms with Crippen LogP contribution in [0.5, 0.6) is 0 Å². The molecule has 3 heteroatoms. The van der Waals surface area contributed by atoms with Crippen LogP contribution in [0.3, 0.4) is 0 Å². The SMILES string of the molecule is CCNC1CCOCC1CN1CCC(C)(CC)CC1. The van der Waals surface area contributed by atoms with Gasteiger partial charge in [-0.2, -0.15) is 0 Å². The predicted octanol–water partition coefficient (Wildman–Crippen LogP) is 2.51. The topological polar surface area (TPSA) is 24.5 Å². The molecule has 0 aliphatic carbocycles. The van der Waals surface area contributed by atoms with Crippen LogP contribution in [0.2, 0.25) is 0 Å². The van der Waals surface area contributed by atoms with Gasteiger partial charge in [-0.1, -0.05) is 27.2 Å². The molecule has 0 aromatic rings. The van der Waals surface area contributed by atoms with Gasteiger partial charge in [-0.3, -0.25) is 0 Å². The molecule has 0 aromatic carbocycles. The molecule has 2 heterocycles. The van der Waals surface area contributed by atoms with Crippen LogP contribution in [0.1, 0.15) is 46.5 Å². The fourth-order valence-electron chi connectivity index (χ4n) is 3.47. The molecule has 0 radical (unpaired) electrons. The summed E-state index contributed by atoms with van der Waals surface area (Å²) in [6, 6.07) is 0.665. The lowest BCUT2D eigenvalue weighted by Crippen LogP contribution is -2.49. The smallest absolute Gasteiger partial charge is 0.0521 e. The molecule has 1 N–H and O–H groups in total. The Morgan fingerprint density at radius 1 is 1.26 bits per heavy atom. The molecular weight excluding hydrogens is 236 g/mol. The van der Waals surface area contributed by atoms with Gasteiger partial charge in [0.15, 0.2) is 0 Å². The number of hydrogen-bond donors (Lipinski definition) is 1. The van der Waals surface area contributed by atoms with E-state index in [1.807, 2.05) is 0 Å². The second kappa shape index (κ2) is 7.05. The summed E-state index contributed by atoms with van der Waals surface area (Å²) in [5, 5.41) is 3.64. The maximum atomic E-state index is 5.70. The number of hydrogen-bond acceptors (Lipinski definition) is 3. The quantitative estimate of drug-likeness (QED) is 0.829. The van der Waals surface area contributed by atoms with E-state index in [1.165, 1.54) is 45.3 Å². The van der Waals surface area contributed by atoms with Gasteiger partial charge in [-0.15, -0.1) is 0 Å². The third kappa shape index (κ3) is 4.17. The molecular formula is C16H32N2O. The summed E-state index contributed by atoms with van der Waals surface area (Å²) in [6.45, 7) is 13.7. The van der Waals surface area contributed by atoms with E-state index in [2.05, 4.69) is 31.0 Å². The van der Waals surface area contributed by atoms with Gasteiger partial charge in [-0.05, 0) is 44.3 Å². The van der Waals surface area contributed by atoms with Gasteiger partial charge >= 0.3 is 0 Å². The minimum atomic E-state index is 0.598. The number of nitrogens with zero attached hydrogens (tertiary/aromatic N) is 1. The van der Waals surface area contributed by atoms with Crippen LogP contribution in [0.15, 0.2) is 0 Å². The summed E-state index contributed by atoms with van der Waals surface area (Å²) in [7, 11) is 0. The highest BCUT2D eigenvalue weighted by atomic mass is 16.5. The number of likely N-dealkylation sites (tertiary alicyclic amines) is 1. The molecule has 2 rings (SSSR count). The fraction of sp³-hybridized carbons (Fsp3) is 1.00. The van der Waals surface area contributed by atoms with E-state index in [1.54, 1.807) is 0 Å². The molecule has 2 unspecified atom stereocenters. The van der Waals surface area contributed by atoms with Crippen molar-refractivity contribution in [1.82, 2.24) is 10.2 Å². The van der Waals surface area contributed by atoms with Gasteiger partial charge in [0.1, 0.15) is 0 Å². The Kier molecular flexibility index (Phi) is 5.67. The van der Waals surface area contributed by atoms with Crippen molar-refractivity contribution in [3.05, 3.63) is 0 Å². The molecule has 2 aliphatic rings. The summed E-state index contributed by atoms with van der Waals surface area (Å²) >= 11 is 0. The monoisotopic (exact) mass is 268 g/mol. The standard InChI is InChI=1S/C16H32N2O/c1-4-16(3)7-9-18(10-8-16)12-14-13-19-11-6-15(14)17-5-2/h14-15,17H,4-13H2,1-3H3. The minimum Gasteiger partial charge on any atom is -0.381 e. The Labute approximate surface area is 119 Å². The molecule has 0 spiro atoms. The van der Waals surface area contributed by atoms with Gasteiger partial charge in [0.05, 0.1) is 6.61 Å². The van der Waals surface area contributed by atoms with Crippen LogP contribution >= 0.6 is 0 Å². The second-order valence-corrected chi connectivity index (χ2v) is 6.75. The van der Waals surface area contributed by atoms with E-state index in [9.17, 15) is 0 Å². The van der Waals surface area contributed by atoms with Crippen molar-refractivity contribution in [2.24, 2.45) is 11.3 Å². The number of piperidine rings is 1. The lowest BCUT2D eigenvalue weighted by atomic mass is 9.78. The highest BCUT2D eigenvalue weighted by Gasteiger charge is 2.31. The van der Waals surface area contributed by atoms with E-state index < -0.39 is 0 Å². The van der Waals surface area contributed by atoms with Crippen molar-refractivity contribution in [2.45, 2.75) is 52.5 Å². The summed E-state index contributed by atoms with van der Waals surface area (Å²) in [5.74, 6) is 0.680. The van der Waals surface area contributed by atoms with E-state index in [4.69, 9.17) is 4.74 Å². The Bertz CT molecular complexity index is 259. The Morgan fingerprint density at radius 2 is 2.00 bits per heavy atom. The molecule has 2 saturated heterocycles. The molecule has 2 fully saturated rings. The zero-order valence-electron chi connectivity index (χ0n) is 13.1. The molecule has 3 nitrogen and oxygen atoms in total. The summed E-state index contributed by atoms with van der Waals surface area (Å²) in [5.41, 5.74) is 0.598. The van der Waals surface area contributed by atoms with Crippen molar-refractivity contribution in [1.29, 1.82) is 0 Å². The van der Waals surface area contributed by atoms with Gasteiger partial charge in [0.25, 0.3) is 0 Å². The average Bonchev–Trinajstić information content (AvgIpc) is 2.44. The number of nitrogens with one attached hydrogen (secondary N) is 1. The van der Waals surface area contributed by atoms with Crippen LogP contribution in [0, 0.1) is 11.3 Å². The molecule has 112 valence electrons. The van der Waals surface area contributed by atoms with Crippen molar-refractivity contribution in [3.63, 3.8) is 0 Å². The first-order chi connectivity index (χ1) is 9.17. The zero-order chi connectivity index (χ0) is 13.7. The summed E-state index contributed by atoms with van der Waals surface area (Å²) in [4.78, 5) is 2.67. The summed E-state index contributed by atoms with van der Waals surface area (Å²) < 4.78 is 5.70. The Hall–Kier alpha value is -0.120. The Balaban J connectivity index is 1.80. The molecule has 0 aromatic heterocycles. The Morgan fingerprint density at radius 3 is 2.63 bits per heavy atom. The lowest BCUT2D eigenvalue weighted by Gasteiger charge is -2.42. The zero-order valence-corrected chi connectivity index (χ0v) is 13.1. The predicted molar refractivity (Wildman–Crippen MR) is 80.5 cm³/mol. The molecule has 0 bridgehead atoms. The van der Waals surface area contributed by atoms with Crippen LogP contribution < -0.4 is 5.32 Å². The number of rotatable bonds is 5. The van der Waals surface area contributed by atoms with E-state index in [0.717, 1.165) is 19.8 Å². The number of ether oxygens (including phenoxy) is 1. The molecule has 0 saturated carbocycles. The van der Waals surface area contributed by atoms with Crippen LogP contribution in [0.4, 0.5) is 0 Å². The minimum absolute atomic E-state index is 0.598. The van der Waals surface area contributed by atoms with Gasteiger partial charge < -0.3 is 15.0 Å². The van der Waals surface area contributed by atoms with E-state index >= 15 is 0 Å². The van der Waals surface area contributed by atoms with Crippen LogP contribution in [-0.2, 0) is 4.74 Å². The third-order valence-electron chi connectivity index (χ3n) is 5.35. The van der Waals surface area contributed by atoms with Crippen molar-refractivity contribution < 1.29 is 4.74 Å². The summed E-state index contributed by atoms with van der Waals surface area (Å²) in [6.07, 6.45) is 5.23. The normalized spacial score (nSPS) is 32.4. The first kappa shape index (κ1) is 15.3. The van der Waals surface area contributed by atoms with Crippen molar-refractivity contribution in [3.8, 4) is 0 Å². The molecule has 2 atom stereocenters. The van der Waals surface area contributed by atoms with Gasteiger partial charge in [-0.25, -0.2) is 0 Å². The maximum Gasteiger partial charge on any atom is 0.0521 e. The molecule has 0 amide bonds. The molecule has 2 aliphatic heterocycles. The van der Waals surface area contributed by atoms with Gasteiger partial charge in [0, 0.05) is 25.1 Å². The average molecular weight is 268 g/mol. The maximum absolute atomic E-state index is 5.70. The largest absolute Gasteiger partial charge is 0.381 e. The molecule has 19 heavy (non-hydrogen) atoms. The fourth-order valence-corrected chi connectivity index (χ4v) is 3.47. The van der Waals surface area contributed by atoms with Crippen molar-refractivity contribution >= 4 is 0 Å². The highest BCUT2D eigenvalue weighted by molar-refractivity contribution is 4.86. The van der Waals surface area contributed by atoms with Crippen LogP contribution in [-0.4, -0.2) is 50.3 Å². The van der Waals surface area contributed by atoms with Crippen LogP contribution in [0.25, 0.3) is 0 Å². The van der Waals surface area contributed by atoms with Gasteiger partial charge in [0.2, 0.25) is 0 Å². The third-order valence-corrected chi connectivity index (χ3v) is 5.35. The first-order valence-electron chi connectivity index (χ1n) is 8.20. The van der Waals surface area contributed by atoms with E-state index in [-0.39, 0.29) is 0 Å². The van der Waals surface area contributed by atoms with E-state index in [0.29, 0.717) is 17.4 Å².